The number of rotatable bonds is 0. The smallest absolute Gasteiger partial charge is 0.0261 e. The number of hydrogen-bond acceptors (Lipinski definition) is 1. The molecule has 6 radical (unpaired) electrons. The summed E-state index contributed by atoms with van der Waals surface area (Å²) in [5, 5.41) is 0. The molecule has 0 spiro atoms. The Morgan fingerprint density at radius 3 is 1.00 bits per heavy atom. The van der Waals surface area contributed by atoms with Gasteiger partial charge in [-0.25, -0.2) is 0 Å². The molecule has 0 rings (SSSR count). The summed E-state index contributed by atoms with van der Waals surface area (Å²) in [6.45, 7) is 0. The van der Waals surface area contributed by atoms with Crippen LogP contribution >= 0.6 is 31.6 Å². The van der Waals surface area contributed by atoms with Crippen LogP contribution in [0.5, 0.6) is 0 Å². The molecule has 5 heteroatoms. The van der Waals surface area contributed by atoms with Gasteiger partial charge in [-0.05, 0) is 21.4 Å². The van der Waals surface area contributed by atoms with E-state index in [9.17, 15) is 0 Å². The number of hydrogen-bond donors (Lipinski definition) is 0. The van der Waals surface area contributed by atoms with Gasteiger partial charge in [0.05, 0.1) is 10.2 Å². The second kappa shape index (κ2) is 16.0. The summed E-state index contributed by atoms with van der Waals surface area (Å²) in [6.07, 6.45) is 0. The van der Waals surface area contributed by atoms with Crippen LogP contribution in [0.15, 0.2) is 0 Å². The molecule has 0 aromatic carbocycles. The Labute approximate surface area is 79.3 Å². The van der Waals surface area contributed by atoms with Crippen LogP contribution in [0.1, 0.15) is 0 Å². The van der Waals surface area contributed by atoms with Crippen molar-refractivity contribution < 1.29 is 0 Å². The minimum Gasteiger partial charge on any atom is -0.0261 e. The van der Waals surface area contributed by atoms with Crippen LogP contribution in [0, 0.1) is 0 Å². The predicted molar refractivity (Wildman–Crippen MR) is 30.8 cm³/mol. The molecule has 0 nitrogen and oxygen atoms in total. The molecule has 5 heavy (non-hydrogen) atoms. The third-order valence-electron chi connectivity index (χ3n) is 0. The zero-order valence-corrected chi connectivity index (χ0v) is 9.49. The standard InChI is InChI=1S/Cl2S.2Sb/c1-3-2;;. The van der Waals surface area contributed by atoms with Crippen molar-refractivity contribution in [2.24, 2.45) is 0 Å². The molecule has 0 aromatic rings. The fourth-order valence-electron chi connectivity index (χ4n) is 0. The predicted octanol–water partition coefficient (Wildman–Crippen LogP) is 1.27. The monoisotopic (exact) mass is 344 g/mol. The van der Waals surface area contributed by atoms with Crippen molar-refractivity contribution in [3.8, 4) is 0 Å². The largest absolute Gasteiger partial charge is 0.0523 e. The first-order valence-electron chi connectivity index (χ1n) is 0.309. The zero-order valence-electron chi connectivity index (χ0n) is 2.06. The number of halogens is 2. The van der Waals surface area contributed by atoms with Gasteiger partial charge in [0.1, 0.15) is 0 Å². The van der Waals surface area contributed by atoms with Crippen molar-refractivity contribution in [1.82, 2.24) is 0 Å². The molecular weight excluding hydrogens is 346 g/mol. The van der Waals surface area contributed by atoms with Crippen molar-refractivity contribution in [2.45, 2.75) is 0 Å². The van der Waals surface area contributed by atoms with Crippen molar-refractivity contribution in [3.05, 3.63) is 0 Å². The molecule has 0 aromatic heterocycles. The van der Waals surface area contributed by atoms with E-state index in [4.69, 9.17) is 0 Å². The minimum atomic E-state index is 0. The molecule has 0 aliphatic rings. The summed E-state index contributed by atoms with van der Waals surface area (Å²) in [7, 11) is 10.1. The second-order valence-corrected chi connectivity index (χ2v) is 1.57. The fraction of sp³-hybridized carbons (Fsp3) is 0. The van der Waals surface area contributed by atoms with Gasteiger partial charge in [-0.15, -0.1) is 0 Å². The van der Waals surface area contributed by atoms with Crippen LogP contribution in [-0.2, 0) is 0 Å². The van der Waals surface area contributed by atoms with Gasteiger partial charge in [0.2, 0.25) is 0 Å². The molecule has 0 saturated heterocycles. The molecule has 0 aliphatic heterocycles. The van der Waals surface area contributed by atoms with Crippen molar-refractivity contribution in [2.75, 3.05) is 0 Å². The molecule has 0 amide bonds. The summed E-state index contributed by atoms with van der Waals surface area (Å²) in [6, 6.07) is 0. The Morgan fingerprint density at radius 2 is 1.00 bits per heavy atom. The fourth-order valence-corrected chi connectivity index (χ4v) is 0. The molecular formula is Cl2SSb2. The first-order chi connectivity index (χ1) is 1.41. The van der Waals surface area contributed by atoms with E-state index in [1.54, 1.807) is 0 Å². The van der Waals surface area contributed by atoms with E-state index in [0.717, 1.165) is 0 Å². The Bertz CT molecular complexity index is 7.61. The van der Waals surface area contributed by atoms with Crippen molar-refractivity contribution in [1.29, 1.82) is 0 Å². The molecule has 0 N–H and O–H groups in total. The molecule has 0 heterocycles. The molecule has 0 bridgehead atoms. The van der Waals surface area contributed by atoms with Gasteiger partial charge in [0, 0.05) is 48.9 Å². The van der Waals surface area contributed by atoms with Crippen LogP contribution in [0.2, 0.25) is 0 Å². The third-order valence-corrected chi connectivity index (χ3v) is 0. The molecule has 0 unspecified atom stereocenters. The molecule has 30 valence electrons. The van der Waals surface area contributed by atoms with E-state index in [0.29, 0.717) is 10.2 Å². The molecule has 0 saturated carbocycles. The van der Waals surface area contributed by atoms with Crippen LogP contribution in [0.25, 0.3) is 0 Å². The SMILES string of the molecule is ClSCl.[Sb].[Sb]. The van der Waals surface area contributed by atoms with Gasteiger partial charge in [0.25, 0.3) is 0 Å². The van der Waals surface area contributed by atoms with Crippen LogP contribution in [0.4, 0.5) is 0 Å². The zero-order chi connectivity index (χ0) is 2.71. The Hall–Kier alpha value is 2.57. The van der Waals surface area contributed by atoms with Crippen LogP contribution < -0.4 is 0 Å². The second-order valence-electron chi connectivity index (χ2n) is 0.0583. The molecule has 0 aliphatic carbocycles. The molecule has 0 atom stereocenters. The van der Waals surface area contributed by atoms with Gasteiger partial charge >= 0.3 is 0 Å². The first kappa shape index (κ1) is 15.6. The third kappa shape index (κ3) is 20.8. The summed E-state index contributed by atoms with van der Waals surface area (Å²) in [4.78, 5) is 0. The molecule has 0 fully saturated rings. The topological polar surface area (TPSA) is 0 Å². The van der Waals surface area contributed by atoms with E-state index in [1.807, 2.05) is 0 Å². The van der Waals surface area contributed by atoms with E-state index in [-0.39, 0.29) is 48.9 Å². The summed E-state index contributed by atoms with van der Waals surface area (Å²) >= 11 is 0. The van der Waals surface area contributed by atoms with Crippen LogP contribution in [0.3, 0.4) is 0 Å². The maximum atomic E-state index is 4.68. The normalized spacial score (nSPS) is 3.60. The quantitative estimate of drug-likeness (QED) is 0.595. The van der Waals surface area contributed by atoms with Gasteiger partial charge < -0.3 is 0 Å². The van der Waals surface area contributed by atoms with Crippen LogP contribution in [-0.4, -0.2) is 48.9 Å². The van der Waals surface area contributed by atoms with Gasteiger partial charge in [0.15, 0.2) is 0 Å². The van der Waals surface area contributed by atoms with Crippen molar-refractivity contribution in [3.63, 3.8) is 0 Å². The van der Waals surface area contributed by atoms with E-state index in [1.165, 1.54) is 0 Å². The Balaban J connectivity index is -0.0000000200. The van der Waals surface area contributed by atoms with E-state index >= 15 is 0 Å². The van der Waals surface area contributed by atoms with Gasteiger partial charge in [-0.3, -0.25) is 0 Å². The summed E-state index contributed by atoms with van der Waals surface area (Å²) in [5.41, 5.74) is 0. The summed E-state index contributed by atoms with van der Waals surface area (Å²) in [5.74, 6) is 0. The Kier molecular flexibility index (Phi) is 50.1. The maximum absolute atomic E-state index is 4.68. The van der Waals surface area contributed by atoms with Gasteiger partial charge in [-0.1, -0.05) is 0 Å². The van der Waals surface area contributed by atoms with Gasteiger partial charge in [-0.2, -0.15) is 0 Å². The maximum Gasteiger partial charge on any atom is 0.0523 e. The summed E-state index contributed by atoms with van der Waals surface area (Å²) < 4.78 is 0. The average Bonchev–Trinajstić information content (AvgIpc) is 0.918. The minimum absolute atomic E-state index is 0. The van der Waals surface area contributed by atoms with E-state index < -0.39 is 0 Å². The van der Waals surface area contributed by atoms with Crippen molar-refractivity contribution >= 4 is 80.4 Å². The average molecular weight is 346 g/mol. The first-order valence-corrected chi connectivity index (χ1v) is 2.78. The Morgan fingerprint density at radius 1 is 1.00 bits per heavy atom. The van der Waals surface area contributed by atoms with E-state index in [2.05, 4.69) is 21.4 Å².